The van der Waals surface area contributed by atoms with Crippen LogP contribution in [0.2, 0.25) is 0 Å². The number of hydrogen-bond donors (Lipinski definition) is 2. The van der Waals surface area contributed by atoms with E-state index in [1.54, 1.807) is 0 Å². The SMILES string of the molecule is CC(C)C1NCNC1C(C)C. The van der Waals surface area contributed by atoms with Crippen molar-refractivity contribution in [2.24, 2.45) is 11.8 Å². The van der Waals surface area contributed by atoms with Crippen molar-refractivity contribution in [1.82, 2.24) is 10.6 Å². The second kappa shape index (κ2) is 3.55. The van der Waals surface area contributed by atoms with Gasteiger partial charge in [0.25, 0.3) is 0 Å². The second-order valence-corrected chi connectivity index (χ2v) is 4.12. The summed E-state index contributed by atoms with van der Waals surface area (Å²) in [5.41, 5.74) is 0. The molecule has 0 saturated carbocycles. The third-order valence-corrected chi connectivity index (χ3v) is 2.50. The number of rotatable bonds is 2. The maximum atomic E-state index is 3.48. The lowest BCUT2D eigenvalue weighted by Gasteiger charge is -2.25. The van der Waals surface area contributed by atoms with E-state index in [0.717, 1.165) is 18.5 Å². The van der Waals surface area contributed by atoms with Crippen molar-refractivity contribution in [3.8, 4) is 0 Å². The first-order valence-corrected chi connectivity index (χ1v) is 4.59. The third kappa shape index (κ3) is 1.94. The Balaban J connectivity index is 2.51. The normalized spacial score (nSPS) is 32.2. The Labute approximate surface area is 69.8 Å². The fourth-order valence-corrected chi connectivity index (χ4v) is 1.85. The highest BCUT2D eigenvalue weighted by Gasteiger charge is 2.30. The van der Waals surface area contributed by atoms with Crippen LogP contribution in [0.5, 0.6) is 0 Å². The van der Waals surface area contributed by atoms with Gasteiger partial charge in [0.1, 0.15) is 0 Å². The zero-order chi connectivity index (χ0) is 8.43. The van der Waals surface area contributed by atoms with Crippen LogP contribution >= 0.6 is 0 Å². The zero-order valence-electron chi connectivity index (χ0n) is 8.02. The Hall–Kier alpha value is -0.0800. The number of hydrogen-bond acceptors (Lipinski definition) is 2. The highest BCUT2D eigenvalue weighted by molar-refractivity contribution is 4.91. The standard InChI is InChI=1S/C9H20N2/c1-6(2)8-9(7(3)4)11-5-10-8/h6-11H,5H2,1-4H3. The molecule has 0 aliphatic carbocycles. The average Bonchev–Trinajstić information content (AvgIpc) is 2.32. The lowest BCUT2D eigenvalue weighted by Crippen LogP contribution is -2.41. The Morgan fingerprint density at radius 1 is 0.909 bits per heavy atom. The first-order chi connectivity index (χ1) is 5.13. The van der Waals surface area contributed by atoms with E-state index in [4.69, 9.17) is 0 Å². The van der Waals surface area contributed by atoms with Gasteiger partial charge in [-0.3, -0.25) is 10.6 Å². The predicted octanol–water partition coefficient (Wildman–Crippen LogP) is 1.19. The van der Waals surface area contributed by atoms with E-state index in [0.29, 0.717) is 12.1 Å². The first kappa shape index (κ1) is 9.01. The smallest absolute Gasteiger partial charge is 0.0459 e. The largest absolute Gasteiger partial charge is 0.300 e. The quantitative estimate of drug-likeness (QED) is 0.627. The molecule has 0 aromatic rings. The molecular formula is C9H20N2. The molecule has 1 fully saturated rings. The summed E-state index contributed by atoms with van der Waals surface area (Å²) >= 11 is 0. The van der Waals surface area contributed by atoms with Crippen LogP contribution in [0.3, 0.4) is 0 Å². The monoisotopic (exact) mass is 156 g/mol. The van der Waals surface area contributed by atoms with E-state index in [-0.39, 0.29) is 0 Å². The molecule has 66 valence electrons. The summed E-state index contributed by atoms with van der Waals surface area (Å²) in [6, 6.07) is 1.32. The van der Waals surface area contributed by atoms with Gasteiger partial charge in [0, 0.05) is 18.8 Å². The second-order valence-electron chi connectivity index (χ2n) is 4.12. The minimum Gasteiger partial charge on any atom is -0.300 e. The summed E-state index contributed by atoms with van der Waals surface area (Å²) in [6.07, 6.45) is 0. The first-order valence-electron chi connectivity index (χ1n) is 4.59. The lowest BCUT2D eigenvalue weighted by atomic mass is 9.90. The van der Waals surface area contributed by atoms with Crippen molar-refractivity contribution < 1.29 is 0 Å². The van der Waals surface area contributed by atoms with E-state index in [1.807, 2.05) is 0 Å². The molecule has 0 aromatic heterocycles. The molecule has 2 unspecified atom stereocenters. The molecule has 1 aliphatic rings. The molecule has 1 heterocycles. The maximum Gasteiger partial charge on any atom is 0.0459 e. The van der Waals surface area contributed by atoms with Crippen molar-refractivity contribution >= 4 is 0 Å². The van der Waals surface area contributed by atoms with Gasteiger partial charge in [0.15, 0.2) is 0 Å². The molecule has 0 spiro atoms. The van der Waals surface area contributed by atoms with Crippen LogP contribution in [0.4, 0.5) is 0 Å². The third-order valence-electron chi connectivity index (χ3n) is 2.50. The summed E-state index contributed by atoms with van der Waals surface area (Å²) in [6.45, 7) is 10.1. The number of nitrogens with one attached hydrogen (secondary N) is 2. The Morgan fingerprint density at radius 2 is 1.27 bits per heavy atom. The van der Waals surface area contributed by atoms with E-state index >= 15 is 0 Å². The average molecular weight is 156 g/mol. The molecule has 2 N–H and O–H groups in total. The lowest BCUT2D eigenvalue weighted by molar-refractivity contribution is 0.337. The van der Waals surface area contributed by atoms with Crippen molar-refractivity contribution in [2.75, 3.05) is 6.67 Å². The summed E-state index contributed by atoms with van der Waals surface area (Å²) in [5.74, 6) is 1.47. The Bertz CT molecular complexity index is 107. The summed E-state index contributed by atoms with van der Waals surface area (Å²) < 4.78 is 0. The molecule has 1 aliphatic heterocycles. The van der Waals surface area contributed by atoms with Crippen LogP contribution in [-0.4, -0.2) is 18.8 Å². The molecular weight excluding hydrogens is 136 g/mol. The molecule has 2 nitrogen and oxygen atoms in total. The van der Waals surface area contributed by atoms with Crippen molar-refractivity contribution in [1.29, 1.82) is 0 Å². The van der Waals surface area contributed by atoms with E-state index in [2.05, 4.69) is 38.3 Å². The van der Waals surface area contributed by atoms with Gasteiger partial charge in [-0.1, -0.05) is 27.7 Å². The highest BCUT2D eigenvalue weighted by atomic mass is 15.2. The predicted molar refractivity (Wildman–Crippen MR) is 48.4 cm³/mol. The van der Waals surface area contributed by atoms with Crippen LogP contribution in [0, 0.1) is 11.8 Å². The zero-order valence-corrected chi connectivity index (χ0v) is 8.02. The Morgan fingerprint density at radius 3 is 1.55 bits per heavy atom. The van der Waals surface area contributed by atoms with Crippen LogP contribution in [0.1, 0.15) is 27.7 Å². The van der Waals surface area contributed by atoms with Gasteiger partial charge in [-0.2, -0.15) is 0 Å². The van der Waals surface area contributed by atoms with Gasteiger partial charge in [0.05, 0.1) is 0 Å². The van der Waals surface area contributed by atoms with Gasteiger partial charge in [0.2, 0.25) is 0 Å². The highest BCUT2D eigenvalue weighted by Crippen LogP contribution is 2.16. The molecule has 0 amide bonds. The van der Waals surface area contributed by atoms with Gasteiger partial charge < -0.3 is 0 Å². The maximum absolute atomic E-state index is 3.48. The van der Waals surface area contributed by atoms with Crippen molar-refractivity contribution in [3.63, 3.8) is 0 Å². The summed E-state index contributed by atoms with van der Waals surface area (Å²) in [4.78, 5) is 0. The van der Waals surface area contributed by atoms with Gasteiger partial charge in [-0.15, -0.1) is 0 Å². The fraction of sp³-hybridized carbons (Fsp3) is 1.00. The fourth-order valence-electron chi connectivity index (χ4n) is 1.85. The van der Waals surface area contributed by atoms with Gasteiger partial charge >= 0.3 is 0 Å². The summed E-state index contributed by atoms with van der Waals surface area (Å²) in [7, 11) is 0. The molecule has 1 rings (SSSR count). The van der Waals surface area contributed by atoms with Crippen LogP contribution in [0.15, 0.2) is 0 Å². The van der Waals surface area contributed by atoms with Crippen molar-refractivity contribution in [3.05, 3.63) is 0 Å². The minimum absolute atomic E-state index is 0.662. The molecule has 2 heteroatoms. The molecule has 1 saturated heterocycles. The van der Waals surface area contributed by atoms with Crippen LogP contribution < -0.4 is 10.6 Å². The molecule has 11 heavy (non-hydrogen) atoms. The van der Waals surface area contributed by atoms with Crippen LogP contribution in [-0.2, 0) is 0 Å². The molecule has 0 bridgehead atoms. The molecule has 0 radical (unpaired) electrons. The van der Waals surface area contributed by atoms with E-state index in [1.165, 1.54) is 0 Å². The Kier molecular flexibility index (Phi) is 2.90. The molecule has 2 atom stereocenters. The van der Waals surface area contributed by atoms with Gasteiger partial charge in [-0.05, 0) is 11.8 Å². The van der Waals surface area contributed by atoms with E-state index in [9.17, 15) is 0 Å². The minimum atomic E-state index is 0.662. The summed E-state index contributed by atoms with van der Waals surface area (Å²) in [5, 5.41) is 6.95. The molecule has 0 aromatic carbocycles. The van der Waals surface area contributed by atoms with E-state index < -0.39 is 0 Å². The van der Waals surface area contributed by atoms with Crippen molar-refractivity contribution in [2.45, 2.75) is 39.8 Å². The van der Waals surface area contributed by atoms with Gasteiger partial charge in [-0.25, -0.2) is 0 Å². The topological polar surface area (TPSA) is 24.1 Å². The van der Waals surface area contributed by atoms with Crippen LogP contribution in [0.25, 0.3) is 0 Å².